The molecule has 112 valence electrons. The van der Waals surface area contributed by atoms with Gasteiger partial charge in [-0.15, -0.1) is 0 Å². The molecule has 1 atom stereocenters. The van der Waals surface area contributed by atoms with Gasteiger partial charge in [-0.25, -0.2) is 9.97 Å². The van der Waals surface area contributed by atoms with Gasteiger partial charge in [0.15, 0.2) is 0 Å². The van der Waals surface area contributed by atoms with Gasteiger partial charge < -0.3 is 15.4 Å². The van der Waals surface area contributed by atoms with Crippen LogP contribution in [0.3, 0.4) is 0 Å². The fourth-order valence-electron chi connectivity index (χ4n) is 2.43. The van der Waals surface area contributed by atoms with Crippen molar-refractivity contribution in [1.82, 2.24) is 9.97 Å². The van der Waals surface area contributed by atoms with Crippen molar-refractivity contribution < 1.29 is 4.74 Å². The van der Waals surface area contributed by atoms with Crippen LogP contribution < -0.4 is 10.6 Å². The second-order valence-corrected chi connectivity index (χ2v) is 5.19. The molecule has 0 amide bonds. The van der Waals surface area contributed by atoms with Gasteiger partial charge in [0.2, 0.25) is 0 Å². The Kier molecular flexibility index (Phi) is 6.05. The predicted octanol–water partition coefficient (Wildman–Crippen LogP) is 2.84. The van der Waals surface area contributed by atoms with Gasteiger partial charge in [0.1, 0.15) is 17.5 Å². The van der Waals surface area contributed by atoms with Gasteiger partial charge in [-0.1, -0.05) is 6.92 Å². The van der Waals surface area contributed by atoms with Gasteiger partial charge in [-0.2, -0.15) is 0 Å². The summed E-state index contributed by atoms with van der Waals surface area (Å²) in [6, 6.07) is 1.98. The zero-order valence-corrected chi connectivity index (χ0v) is 12.6. The van der Waals surface area contributed by atoms with Crippen molar-refractivity contribution in [2.24, 2.45) is 0 Å². The molecule has 0 saturated carbocycles. The number of hydrogen-bond acceptors (Lipinski definition) is 5. The highest BCUT2D eigenvalue weighted by atomic mass is 16.5. The molecule has 2 rings (SSSR count). The van der Waals surface area contributed by atoms with Gasteiger partial charge in [-0.05, 0) is 32.6 Å². The largest absolute Gasteiger partial charge is 0.378 e. The molecule has 0 aliphatic carbocycles. The van der Waals surface area contributed by atoms with Crippen LogP contribution in [0.1, 0.15) is 45.4 Å². The molecule has 1 aliphatic rings. The number of anilines is 2. The summed E-state index contributed by atoms with van der Waals surface area (Å²) in [5.74, 6) is 2.73. The van der Waals surface area contributed by atoms with E-state index >= 15 is 0 Å². The van der Waals surface area contributed by atoms with E-state index in [9.17, 15) is 0 Å². The van der Waals surface area contributed by atoms with E-state index in [1.54, 1.807) is 0 Å². The van der Waals surface area contributed by atoms with Crippen molar-refractivity contribution in [3.8, 4) is 0 Å². The van der Waals surface area contributed by atoms with E-state index in [4.69, 9.17) is 4.74 Å². The van der Waals surface area contributed by atoms with Crippen LogP contribution in [0.5, 0.6) is 0 Å². The van der Waals surface area contributed by atoms with E-state index in [0.717, 1.165) is 56.4 Å². The summed E-state index contributed by atoms with van der Waals surface area (Å²) in [6.07, 6.45) is 5.83. The van der Waals surface area contributed by atoms with E-state index in [2.05, 4.69) is 34.4 Å². The van der Waals surface area contributed by atoms with E-state index in [-0.39, 0.29) is 0 Å². The Morgan fingerprint density at radius 2 is 2.05 bits per heavy atom. The molecule has 5 heteroatoms. The number of aryl methyl sites for hydroxylation is 1. The summed E-state index contributed by atoms with van der Waals surface area (Å²) in [5.41, 5.74) is 0. The zero-order chi connectivity index (χ0) is 14.2. The van der Waals surface area contributed by atoms with E-state index < -0.39 is 0 Å². The highest BCUT2D eigenvalue weighted by Crippen LogP contribution is 2.16. The Labute approximate surface area is 121 Å². The molecular formula is C15H26N4O. The smallest absolute Gasteiger partial charge is 0.133 e. The Morgan fingerprint density at radius 3 is 2.70 bits per heavy atom. The third kappa shape index (κ3) is 4.63. The van der Waals surface area contributed by atoms with Gasteiger partial charge >= 0.3 is 0 Å². The van der Waals surface area contributed by atoms with Crippen LogP contribution in [-0.2, 0) is 11.2 Å². The number of hydrogen-bond donors (Lipinski definition) is 2. The molecular weight excluding hydrogens is 252 g/mol. The summed E-state index contributed by atoms with van der Waals surface area (Å²) in [5, 5.41) is 6.66. The van der Waals surface area contributed by atoms with Crippen LogP contribution >= 0.6 is 0 Å². The lowest BCUT2D eigenvalue weighted by Gasteiger charge is -2.12. The van der Waals surface area contributed by atoms with Crippen molar-refractivity contribution >= 4 is 11.6 Å². The lowest BCUT2D eigenvalue weighted by molar-refractivity contribution is 0.107. The topological polar surface area (TPSA) is 59.1 Å². The highest BCUT2D eigenvalue weighted by Gasteiger charge is 2.14. The number of rotatable bonds is 8. The third-order valence-electron chi connectivity index (χ3n) is 3.40. The van der Waals surface area contributed by atoms with Crippen molar-refractivity contribution in [3.05, 3.63) is 11.9 Å². The lowest BCUT2D eigenvalue weighted by atomic mass is 10.2. The first-order valence-electron chi connectivity index (χ1n) is 7.79. The molecule has 2 heterocycles. The summed E-state index contributed by atoms with van der Waals surface area (Å²) >= 11 is 0. The maximum absolute atomic E-state index is 5.63. The first kappa shape index (κ1) is 15.0. The fourth-order valence-corrected chi connectivity index (χ4v) is 2.43. The van der Waals surface area contributed by atoms with Crippen LogP contribution in [-0.4, -0.2) is 35.8 Å². The average molecular weight is 278 g/mol. The molecule has 1 aliphatic heterocycles. The number of nitrogens with one attached hydrogen (secondary N) is 2. The van der Waals surface area contributed by atoms with Crippen LogP contribution in [0.4, 0.5) is 11.6 Å². The minimum Gasteiger partial charge on any atom is -0.378 e. The van der Waals surface area contributed by atoms with Gasteiger partial charge in [0, 0.05) is 32.2 Å². The maximum atomic E-state index is 5.63. The van der Waals surface area contributed by atoms with Crippen LogP contribution in [0.2, 0.25) is 0 Å². The van der Waals surface area contributed by atoms with Gasteiger partial charge in [0.25, 0.3) is 0 Å². The molecule has 1 fully saturated rings. The Balaban J connectivity index is 1.90. The summed E-state index contributed by atoms with van der Waals surface area (Å²) in [4.78, 5) is 9.08. The maximum Gasteiger partial charge on any atom is 0.133 e. The molecule has 0 aromatic carbocycles. The summed E-state index contributed by atoms with van der Waals surface area (Å²) < 4.78 is 5.63. The molecule has 1 aromatic rings. The van der Waals surface area contributed by atoms with Crippen molar-refractivity contribution in [3.63, 3.8) is 0 Å². The monoisotopic (exact) mass is 278 g/mol. The molecule has 5 nitrogen and oxygen atoms in total. The fraction of sp³-hybridized carbons (Fsp3) is 0.733. The standard InChI is InChI=1S/C15H26N4O/c1-3-6-13-18-14(16-4-2)11-15(19-13)17-9-8-12-7-5-10-20-12/h11-12H,3-10H2,1-2H3,(H2,16,17,18,19). The lowest BCUT2D eigenvalue weighted by Crippen LogP contribution is -2.14. The van der Waals surface area contributed by atoms with Crippen LogP contribution in [0, 0.1) is 0 Å². The van der Waals surface area contributed by atoms with E-state index in [0.29, 0.717) is 6.10 Å². The highest BCUT2D eigenvalue weighted by molar-refractivity contribution is 5.47. The molecule has 2 N–H and O–H groups in total. The molecule has 20 heavy (non-hydrogen) atoms. The Hall–Kier alpha value is -1.36. The molecule has 1 saturated heterocycles. The predicted molar refractivity (Wildman–Crippen MR) is 82.3 cm³/mol. The average Bonchev–Trinajstić information content (AvgIpc) is 2.92. The number of ether oxygens (including phenoxy) is 1. The number of nitrogens with zero attached hydrogens (tertiary/aromatic N) is 2. The quantitative estimate of drug-likeness (QED) is 0.765. The summed E-state index contributed by atoms with van der Waals surface area (Å²) in [7, 11) is 0. The van der Waals surface area contributed by atoms with Crippen molar-refractivity contribution in [2.45, 2.75) is 52.1 Å². The first-order valence-corrected chi connectivity index (χ1v) is 7.79. The summed E-state index contributed by atoms with van der Waals surface area (Å²) in [6.45, 7) is 6.92. The van der Waals surface area contributed by atoms with E-state index in [1.165, 1.54) is 12.8 Å². The van der Waals surface area contributed by atoms with Crippen LogP contribution in [0.25, 0.3) is 0 Å². The zero-order valence-electron chi connectivity index (χ0n) is 12.6. The number of aromatic nitrogens is 2. The minimum absolute atomic E-state index is 0.424. The van der Waals surface area contributed by atoms with Crippen molar-refractivity contribution in [2.75, 3.05) is 30.3 Å². The first-order chi connectivity index (χ1) is 9.81. The second kappa shape index (κ2) is 8.04. The molecule has 0 bridgehead atoms. The van der Waals surface area contributed by atoms with Crippen LogP contribution in [0.15, 0.2) is 6.07 Å². The molecule has 1 aromatic heterocycles. The molecule has 0 spiro atoms. The normalized spacial score (nSPS) is 18.2. The Bertz CT molecular complexity index is 381. The molecule has 0 radical (unpaired) electrons. The van der Waals surface area contributed by atoms with Crippen molar-refractivity contribution in [1.29, 1.82) is 0 Å². The Morgan fingerprint density at radius 1 is 1.25 bits per heavy atom. The molecule has 1 unspecified atom stereocenters. The van der Waals surface area contributed by atoms with Gasteiger partial charge in [0.05, 0.1) is 6.10 Å². The second-order valence-electron chi connectivity index (χ2n) is 5.19. The minimum atomic E-state index is 0.424. The SMILES string of the molecule is CCCc1nc(NCC)cc(NCCC2CCCO2)n1. The van der Waals surface area contributed by atoms with E-state index in [1.807, 2.05) is 6.07 Å². The van der Waals surface area contributed by atoms with Gasteiger partial charge in [-0.3, -0.25) is 0 Å². The third-order valence-corrected chi connectivity index (χ3v) is 3.40.